The van der Waals surface area contributed by atoms with Crippen LogP contribution in [-0.4, -0.2) is 26.2 Å². The van der Waals surface area contributed by atoms with E-state index in [1.807, 2.05) is 0 Å². The number of hydrogen-bond acceptors (Lipinski definition) is 5. The maximum absolute atomic E-state index is 11.9. The molecule has 100 valence electrons. The van der Waals surface area contributed by atoms with Crippen molar-refractivity contribution >= 4 is 34.2 Å². The van der Waals surface area contributed by atoms with Crippen LogP contribution in [0.25, 0.3) is 6.08 Å². The Hall–Kier alpha value is -1.54. The minimum Gasteiger partial charge on any atom is -0.494 e. The fourth-order valence-electron chi connectivity index (χ4n) is 1.65. The highest BCUT2D eigenvalue weighted by Crippen LogP contribution is 2.25. The van der Waals surface area contributed by atoms with Crippen molar-refractivity contribution in [1.29, 1.82) is 0 Å². The highest BCUT2D eigenvalue weighted by atomic mass is 79.9. The summed E-state index contributed by atoms with van der Waals surface area (Å²) in [5.41, 5.74) is 0.493. The third kappa shape index (κ3) is 2.74. The van der Waals surface area contributed by atoms with Crippen LogP contribution in [0, 0.1) is 4.77 Å². The number of H-pyrrole nitrogens is 1. The molecule has 0 amide bonds. The molecule has 1 unspecified atom stereocenters. The van der Waals surface area contributed by atoms with Crippen LogP contribution in [0.15, 0.2) is 33.3 Å². The van der Waals surface area contributed by atoms with E-state index in [1.165, 1.54) is 4.57 Å². The summed E-state index contributed by atoms with van der Waals surface area (Å²) in [6, 6.07) is 0. The second-order valence-electron chi connectivity index (χ2n) is 3.87. The first-order valence-electron chi connectivity index (χ1n) is 5.42. The molecule has 0 aromatic carbocycles. The summed E-state index contributed by atoms with van der Waals surface area (Å²) in [6.07, 6.45) is 3.15. The number of rotatable bonds is 3. The SMILES string of the molecule is C=CCn1c(O)c(C=C2CN=NC2Br)c(=O)[nH]c1=S. The molecule has 0 spiro atoms. The molecule has 6 nitrogen and oxygen atoms in total. The molecule has 0 bridgehead atoms. The van der Waals surface area contributed by atoms with Gasteiger partial charge in [-0.3, -0.25) is 14.3 Å². The standard InChI is InChI=1S/C11H11BrN4O2S/c1-2-3-16-10(18)7(9(17)14-11(16)19)4-6-5-13-15-8(6)12/h2,4,8,18H,1,3,5H2,(H,14,17,19). The summed E-state index contributed by atoms with van der Waals surface area (Å²) in [4.78, 5) is 14.1. The van der Waals surface area contributed by atoms with Crippen molar-refractivity contribution < 1.29 is 5.11 Å². The fourth-order valence-corrected chi connectivity index (χ4v) is 2.31. The van der Waals surface area contributed by atoms with E-state index >= 15 is 0 Å². The summed E-state index contributed by atoms with van der Waals surface area (Å²) in [5, 5.41) is 17.9. The number of nitrogens with one attached hydrogen (secondary N) is 1. The Kier molecular flexibility index (Phi) is 4.11. The first-order chi connectivity index (χ1) is 9.04. The lowest BCUT2D eigenvalue weighted by atomic mass is 10.2. The zero-order valence-electron chi connectivity index (χ0n) is 9.84. The molecule has 0 radical (unpaired) electrons. The Morgan fingerprint density at radius 2 is 2.42 bits per heavy atom. The Bertz CT molecular complexity index is 689. The van der Waals surface area contributed by atoms with Gasteiger partial charge in [0.05, 0.1) is 6.54 Å². The third-order valence-electron chi connectivity index (χ3n) is 2.59. The number of hydrogen-bond donors (Lipinski definition) is 2. The van der Waals surface area contributed by atoms with E-state index in [9.17, 15) is 9.90 Å². The van der Waals surface area contributed by atoms with Gasteiger partial charge in [0, 0.05) is 6.54 Å². The molecule has 0 aliphatic carbocycles. The predicted molar refractivity (Wildman–Crippen MR) is 78.2 cm³/mol. The van der Waals surface area contributed by atoms with Gasteiger partial charge in [0.15, 0.2) is 4.77 Å². The van der Waals surface area contributed by atoms with Crippen LogP contribution in [0.3, 0.4) is 0 Å². The summed E-state index contributed by atoms with van der Waals surface area (Å²) >= 11 is 8.30. The number of aromatic amines is 1. The first kappa shape index (κ1) is 13.9. The molecular weight excluding hydrogens is 332 g/mol. The van der Waals surface area contributed by atoms with Crippen LogP contribution in [0.2, 0.25) is 0 Å². The minimum atomic E-state index is -0.443. The van der Waals surface area contributed by atoms with Gasteiger partial charge in [0.2, 0.25) is 5.88 Å². The topological polar surface area (TPSA) is 82.7 Å². The third-order valence-corrected chi connectivity index (χ3v) is 3.68. The van der Waals surface area contributed by atoms with E-state index in [1.54, 1.807) is 12.2 Å². The molecule has 1 aromatic heterocycles. The van der Waals surface area contributed by atoms with Gasteiger partial charge in [-0.1, -0.05) is 22.0 Å². The molecule has 1 aliphatic rings. The molecule has 0 fully saturated rings. The Morgan fingerprint density at radius 3 is 3.00 bits per heavy atom. The van der Waals surface area contributed by atoms with Crippen molar-refractivity contribution in [1.82, 2.24) is 9.55 Å². The van der Waals surface area contributed by atoms with E-state index in [0.29, 0.717) is 13.1 Å². The van der Waals surface area contributed by atoms with Crippen molar-refractivity contribution in [3.8, 4) is 5.88 Å². The van der Waals surface area contributed by atoms with E-state index in [4.69, 9.17) is 12.2 Å². The summed E-state index contributed by atoms with van der Waals surface area (Å²) in [6.45, 7) is 4.29. The average molecular weight is 343 g/mol. The summed E-state index contributed by atoms with van der Waals surface area (Å²) in [5.74, 6) is -0.187. The van der Waals surface area contributed by atoms with Crippen molar-refractivity contribution in [3.63, 3.8) is 0 Å². The normalized spacial score (nSPS) is 20.1. The van der Waals surface area contributed by atoms with E-state index < -0.39 is 5.56 Å². The molecular formula is C11H11BrN4O2S. The maximum atomic E-state index is 11.9. The maximum Gasteiger partial charge on any atom is 0.262 e. The van der Waals surface area contributed by atoms with Gasteiger partial charge in [0.1, 0.15) is 10.5 Å². The number of aromatic nitrogens is 2. The second-order valence-corrected chi connectivity index (χ2v) is 5.12. The van der Waals surface area contributed by atoms with Crippen molar-refractivity contribution in [2.45, 2.75) is 11.5 Å². The largest absolute Gasteiger partial charge is 0.494 e. The Morgan fingerprint density at radius 1 is 1.68 bits per heavy atom. The first-order valence-corrected chi connectivity index (χ1v) is 6.75. The number of nitrogens with zero attached hydrogens (tertiary/aromatic N) is 3. The summed E-state index contributed by atoms with van der Waals surface area (Å²) in [7, 11) is 0. The van der Waals surface area contributed by atoms with Crippen LogP contribution in [0.1, 0.15) is 5.56 Å². The van der Waals surface area contributed by atoms with Gasteiger partial charge in [-0.15, -0.1) is 6.58 Å². The van der Waals surface area contributed by atoms with Gasteiger partial charge >= 0.3 is 0 Å². The quantitative estimate of drug-likeness (QED) is 0.383. The lowest BCUT2D eigenvalue weighted by Crippen LogP contribution is -2.17. The van der Waals surface area contributed by atoms with Gasteiger partial charge in [-0.05, 0) is 23.9 Å². The highest BCUT2D eigenvalue weighted by molar-refractivity contribution is 9.09. The Labute approximate surface area is 122 Å². The molecule has 8 heteroatoms. The van der Waals surface area contributed by atoms with Crippen molar-refractivity contribution in [2.75, 3.05) is 6.54 Å². The Balaban J connectivity index is 2.58. The van der Waals surface area contributed by atoms with Gasteiger partial charge in [0.25, 0.3) is 5.56 Å². The lowest BCUT2D eigenvalue weighted by molar-refractivity contribution is 0.412. The molecule has 2 heterocycles. The molecule has 2 N–H and O–H groups in total. The minimum absolute atomic E-state index is 0.141. The van der Waals surface area contributed by atoms with Crippen LogP contribution >= 0.6 is 28.1 Å². The van der Waals surface area contributed by atoms with Crippen LogP contribution in [-0.2, 0) is 6.54 Å². The monoisotopic (exact) mass is 342 g/mol. The van der Waals surface area contributed by atoms with Crippen LogP contribution in [0.5, 0.6) is 5.88 Å². The zero-order chi connectivity index (χ0) is 14.0. The number of halogens is 1. The fraction of sp³-hybridized carbons (Fsp3) is 0.273. The smallest absolute Gasteiger partial charge is 0.262 e. The van der Waals surface area contributed by atoms with Gasteiger partial charge < -0.3 is 5.11 Å². The highest BCUT2D eigenvalue weighted by Gasteiger charge is 2.18. The number of allylic oxidation sites excluding steroid dienone is 1. The molecule has 19 heavy (non-hydrogen) atoms. The molecule has 0 saturated carbocycles. The zero-order valence-corrected chi connectivity index (χ0v) is 12.2. The molecule has 1 aromatic rings. The molecule has 1 atom stereocenters. The van der Waals surface area contributed by atoms with Gasteiger partial charge in [-0.2, -0.15) is 10.2 Å². The number of aromatic hydroxyl groups is 1. The number of azo groups is 1. The van der Waals surface area contributed by atoms with Crippen molar-refractivity contribution in [3.05, 3.63) is 38.9 Å². The second kappa shape index (κ2) is 5.62. The van der Waals surface area contributed by atoms with Crippen LogP contribution in [0.4, 0.5) is 0 Å². The average Bonchev–Trinajstić information content (AvgIpc) is 2.76. The predicted octanol–water partition coefficient (Wildman–Crippen LogP) is 2.37. The molecule has 1 aliphatic heterocycles. The van der Waals surface area contributed by atoms with E-state index in [-0.39, 0.29) is 21.2 Å². The summed E-state index contributed by atoms with van der Waals surface area (Å²) < 4.78 is 1.54. The van der Waals surface area contributed by atoms with Gasteiger partial charge in [-0.25, -0.2) is 0 Å². The molecule has 0 saturated heterocycles. The molecule has 2 rings (SSSR count). The van der Waals surface area contributed by atoms with Crippen LogP contribution < -0.4 is 5.56 Å². The van der Waals surface area contributed by atoms with Crippen molar-refractivity contribution in [2.24, 2.45) is 10.2 Å². The van der Waals surface area contributed by atoms with E-state index in [2.05, 4.69) is 37.7 Å². The lowest BCUT2D eigenvalue weighted by Gasteiger charge is -2.09. The van der Waals surface area contributed by atoms with E-state index in [0.717, 1.165) is 5.57 Å². The number of alkyl halides is 1.